The Kier molecular flexibility index (Phi) is 4.60. The van der Waals surface area contributed by atoms with Gasteiger partial charge >= 0.3 is 0 Å². The molecule has 0 saturated carbocycles. The second-order valence-corrected chi connectivity index (χ2v) is 7.56. The van der Waals surface area contributed by atoms with Crippen molar-refractivity contribution in [3.63, 3.8) is 0 Å². The molecule has 3 aromatic carbocycles. The van der Waals surface area contributed by atoms with Crippen molar-refractivity contribution >= 4 is 34.0 Å². The van der Waals surface area contributed by atoms with Crippen molar-refractivity contribution in [2.75, 3.05) is 16.4 Å². The summed E-state index contributed by atoms with van der Waals surface area (Å²) in [5.74, 6) is 1.61. The predicted molar refractivity (Wildman–Crippen MR) is 122 cm³/mol. The molecule has 150 valence electrons. The summed E-state index contributed by atoms with van der Waals surface area (Å²) >= 11 is 0. The normalized spacial score (nSPS) is 13.8. The first-order valence-corrected chi connectivity index (χ1v) is 10.3. The van der Waals surface area contributed by atoms with Gasteiger partial charge in [-0.3, -0.25) is 9.80 Å². The van der Waals surface area contributed by atoms with Gasteiger partial charge in [-0.05, 0) is 68.3 Å². The first kappa shape index (κ1) is 18.6. The molecule has 0 N–H and O–H groups in total. The van der Waals surface area contributed by atoms with Crippen LogP contribution < -0.4 is 9.80 Å². The van der Waals surface area contributed by atoms with Crippen LogP contribution in [0.2, 0.25) is 0 Å². The van der Waals surface area contributed by atoms with Crippen molar-refractivity contribution in [3.05, 3.63) is 83.9 Å². The van der Waals surface area contributed by atoms with E-state index in [4.69, 9.17) is 14.7 Å². The summed E-state index contributed by atoms with van der Waals surface area (Å²) < 4.78 is 6.30. The number of ether oxygens (including phenoxy) is 1. The topological polar surface area (TPSA) is 41.5 Å². The van der Waals surface area contributed by atoms with Crippen molar-refractivity contribution in [1.82, 2.24) is 9.97 Å². The minimum absolute atomic E-state index is 0.370. The van der Waals surface area contributed by atoms with Crippen LogP contribution in [0.1, 0.15) is 18.1 Å². The fourth-order valence-corrected chi connectivity index (χ4v) is 3.98. The number of para-hydroxylation sites is 2. The molecule has 0 radical (unpaired) electrons. The average molecular weight is 396 g/mol. The Labute approximate surface area is 176 Å². The number of benzene rings is 3. The number of hydrogen-bond acceptors (Lipinski definition) is 5. The zero-order valence-corrected chi connectivity index (χ0v) is 17.4. The molecule has 2 heterocycles. The molecule has 30 heavy (non-hydrogen) atoms. The fraction of sp³-hybridized carbons (Fsp3) is 0.200. The van der Waals surface area contributed by atoms with Crippen LogP contribution in [0.25, 0.3) is 11.0 Å². The van der Waals surface area contributed by atoms with Gasteiger partial charge in [-0.25, -0.2) is 9.97 Å². The lowest BCUT2D eigenvalue weighted by atomic mass is 10.2. The second kappa shape index (κ2) is 7.43. The third kappa shape index (κ3) is 3.08. The number of rotatable bonds is 4. The van der Waals surface area contributed by atoms with Gasteiger partial charge in [0, 0.05) is 18.0 Å². The first-order chi connectivity index (χ1) is 14.7. The molecule has 0 bridgehead atoms. The molecular weight excluding hydrogens is 372 g/mol. The van der Waals surface area contributed by atoms with Gasteiger partial charge in [0.05, 0.1) is 11.0 Å². The van der Waals surface area contributed by atoms with E-state index in [-0.39, 0.29) is 6.35 Å². The largest absolute Gasteiger partial charge is 0.340 e. The highest BCUT2D eigenvalue weighted by molar-refractivity contribution is 5.89. The molecule has 0 amide bonds. The summed E-state index contributed by atoms with van der Waals surface area (Å²) in [6.45, 7) is 6.78. The van der Waals surface area contributed by atoms with Crippen molar-refractivity contribution in [3.8, 4) is 0 Å². The highest BCUT2D eigenvalue weighted by Crippen LogP contribution is 2.46. The molecule has 1 aromatic heterocycles. The Morgan fingerprint density at radius 1 is 0.733 bits per heavy atom. The molecule has 0 atom stereocenters. The summed E-state index contributed by atoms with van der Waals surface area (Å²) in [6.07, 6.45) is -0.370. The Morgan fingerprint density at radius 3 is 1.67 bits per heavy atom. The molecule has 0 unspecified atom stereocenters. The number of fused-ring (bicyclic) bond motifs is 2. The van der Waals surface area contributed by atoms with Crippen LogP contribution >= 0.6 is 0 Å². The van der Waals surface area contributed by atoms with E-state index < -0.39 is 0 Å². The lowest BCUT2D eigenvalue weighted by molar-refractivity contribution is 0.0767. The smallest absolute Gasteiger partial charge is 0.221 e. The maximum absolute atomic E-state index is 6.30. The van der Waals surface area contributed by atoms with Crippen LogP contribution in [0.3, 0.4) is 0 Å². The van der Waals surface area contributed by atoms with Crippen LogP contribution in [0, 0.1) is 13.8 Å². The SMILES string of the molecule is CCOC1N(c2cccc(C)c2)c2nc3ccccc3nc2N1c1cccc(C)c1. The Bertz CT molecular complexity index is 1130. The number of aryl methyl sites for hydroxylation is 2. The summed E-state index contributed by atoms with van der Waals surface area (Å²) in [5.41, 5.74) is 6.19. The molecule has 0 aliphatic carbocycles. The monoisotopic (exact) mass is 396 g/mol. The standard InChI is InChI=1S/C25H24N4O/c1-4-30-25-28(19-11-7-9-17(2)15-19)23-24(27-22-14-6-5-13-21(22)26-23)29(25)20-12-8-10-18(3)16-20/h5-16,25H,4H2,1-3H3. The highest BCUT2D eigenvalue weighted by Gasteiger charge is 2.41. The molecule has 0 spiro atoms. The van der Waals surface area contributed by atoms with E-state index in [1.165, 1.54) is 11.1 Å². The van der Waals surface area contributed by atoms with Gasteiger partial charge in [-0.1, -0.05) is 36.4 Å². The Balaban J connectivity index is 1.78. The molecule has 0 saturated heterocycles. The van der Waals surface area contributed by atoms with Crippen molar-refractivity contribution < 1.29 is 4.74 Å². The van der Waals surface area contributed by atoms with E-state index in [9.17, 15) is 0 Å². The lowest BCUT2D eigenvalue weighted by Gasteiger charge is -2.31. The maximum Gasteiger partial charge on any atom is 0.221 e. The number of nitrogens with zero attached hydrogens (tertiary/aromatic N) is 4. The van der Waals surface area contributed by atoms with Crippen LogP contribution in [-0.2, 0) is 4.74 Å². The van der Waals surface area contributed by atoms with Crippen LogP contribution in [0.15, 0.2) is 72.8 Å². The highest BCUT2D eigenvalue weighted by atomic mass is 16.5. The molecule has 5 nitrogen and oxygen atoms in total. The van der Waals surface area contributed by atoms with E-state index in [2.05, 4.69) is 72.2 Å². The van der Waals surface area contributed by atoms with Crippen molar-refractivity contribution in [2.45, 2.75) is 27.1 Å². The van der Waals surface area contributed by atoms with Crippen molar-refractivity contribution in [2.24, 2.45) is 0 Å². The minimum atomic E-state index is -0.370. The summed E-state index contributed by atoms with van der Waals surface area (Å²) in [4.78, 5) is 14.3. The van der Waals surface area contributed by atoms with E-state index in [0.29, 0.717) is 6.61 Å². The third-order valence-electron chi connectivity index (χ3n) is 5.31. The van der Waals surface area contributed by atoms with Crippen LogP contribution in [-0.4, -0.2) is 22.9 Å². The van der Waals surface area contributed by atoms with Gasteiger partial charge in [-0.2, -0.15) is 0 Å². The second-order valence-electron chi connectivity index (χ2n) is 7.56. The number of aromatic nitrogens is 2. The van der Waals surface area contributed by atoms with E-state index in [0.717, 1.165) is 34.0 Å². The maximum atomic E-state index is 6.30. The van der Waals surface area contributed by atoms with Gasteiger partial charge in [-0.15, -0.1) is 0 Å². The van der Waals surface area contributed by atoms with E-state index in [1.807, 2.05) is 31.2 Å². The van der Waals surface area contributed by atoms with Gasteiger partial charge in [0.15, 0.2) is 11.6 Å². The van der Waals surface area contributed by atoms with Gasteiger partial charge in [0.1, 0.15) is 0 Å². The van der Waals surface area contributed by atoms with Crippen LogP contribution in [0.5, 0.6) is 0 Å². The van der Waals surface area contributed by atoms with Crippen LogP contribution in [0.4, 0.5) is 23.0 Å². The molecule has 0 fully saturated rings. The van der Waals surface area contributed by atoms with Gasteiger partial charge < -0.3 is 4.74 Å². The Morgan fingerprint density at radius 2 is 1.23 bits per heavy atom. The molecule has 5 heteroatoms. The molecule has 5 rings (SSSR count). The summed E-state index contributed by atoms with van der Waals surface area (Å²) in [7, 11) is 0. The van der Waals surface area contributed by atoms with Gasteiger partial charge in [0.2, 0.25) is 6.35 Å². The molecule has 4 aromatic rings. The fourth-order valence-electron chi connectivity index (χ4n) is 3.98. The third-order valence-corrected chi connectivity index (χ3v) is 5.31. The summed E-state index contributed by atoms with van der Waals surface area (Å²) in [5, 5.41) is 0. The zero-order valence-electron chi connectivity index (χ0n) is 17.4. The van der Waals surface area contributed by atoms with E-state index >= 15 is 0 Å². The van der Waals surface area contributed by atoms with E-state index in [1.54, 1.807) is 0 Å². The number of anilines is 4. The Hall–Kier alpha value is -3.44. The molecular formula is C25H24N4O. The predicted octanol–water partition coefficient (Wildman–Crippen LogP) is 5.86. The molecule has 1 aliphatic heterocycles. The summed E-state index contributed by atoms with van der Waals surface area (Å²) in [6, 6.07) is 24.8. The average Bonchev–Trinajstić information content (AvgIpc) is 3.05. The van der Waals surface area contributed by atoms with Crippen molar-refractivity contribution in [1.29, 1.82) is 0 Å². The van der Waals surface area contributed by atoms with Gasteiger partial charge in [0.25, 0.3) is 0 Å². The first-order valence-electron chi connectivity index (χ1n) is 10.3. The lowest BCUT2D eigenvalue weighted by Crippen LogP contribution is -2.41. The quantitative estimate of drug-likeness (QED) is 0.432. The zero-order chi connectivity index (χ0) is 20.7. The minimum Gasteiger partial charge on any atom is -0.340 e. The number of hydrogen-bond donors (Lipinski definition) is 0. The molecule has 1 aliphatic rings.